The van der Waals surface area contributed by atoms with Crippen LogP contribution in [0.5, 0.6) is 0 Å². The molecule has 0 saturated heterocycles. The maximum Gasteiger partial charge on any atom is 0.255 e. The van der Waals surface area contributed by atoms with Crippen LogP contribution in [-0.4, -0.2) is 38.3 Å². The molecule has 0 saturated carbocycles. The van der Waals surface area contributed by atoms with Crippen molar-refractivity contribution in [3.8, 4) is 11.1 Å². The molecular weight excluding hydrogens is 471 g/mol. The highest BCUT2D eigenvalue weighted by Gasteiger charge is 2.34. The highest BCUT2D eigenvalue weighted by atomic mass is 35.5. The number of carbonyl (C=O) groups is 1. The van der Waals surface area contributed by atoms with Crippen molar-refractivity contribution in [2.45, 2.75) is 18.7 Å². The minimum absolute atomic E-state index is 0.0473. The third kappa shape index (κ3) is 4.42. The van der Waals surface area contributed by atoms with Gasteiger partial charge in [-0.25, -0.2) is 17.7 Å². The molecule has 0 aliphatic carbocycles. The van der Waals surface area contributed by atoms with E-state index in [-0.39, 0.29) is 22.1 Å². The first-order valence-electron chi connectivity index (χ1n) is 10.1. The fourth-order valence-corrected chi connectivity index (χ4v) is 3.72. The predicted octanol–water partition coefficient (Wildman–Crippen LogP) is 3.89. The Kier molecular flexibility index (Phi) is 6.20. The second kappa shape index (κ2) is 8.96. The van der Waals surface area contributed by atoms with Gasteiger partial charge in [0.1, 0.15) is 23.4 Å². The number of aliphatic hydroxyl groups is 1. The zero-order valence-corrected chi connectivity index (χ0v) is 18.5. The molecule has 0 radical (unpaired) electrons. The van der Waals surface area contributed by atoms with Gasteiger partial charge in [-0.1, -0.05) is 23.7 Å². The normalized spacial score (nSPS) is 14.1. The second-order valence-electron chi connectivity index (χ2n) is 7.80. The van der Waals surface area contributed by atoms with Crippen molar-refractivity contribution >= 4 is 29.1 Å². The van der Waals surface area contributed by atoms with Gasteiger partial charge in [0, 0.05) is 11.8 Å². The number of pyridine rings is 1. The van der Waals surface area contributed by atoms with E-state index in [0.29, 0.717) is 11.2 Å². The average Bonchev–Trinajstić information content (AvgIpc) is 3.17. The summed E-state index contributed by atoms with van der Waals surface area (Å²) < 4.78 is 44.7. The molecule has 176 valence electrons. The van der Waals surface area contributed by atoms with Gasteiger partial charge in [0.25, 0.3) is 5.91 Å². The SMILES string of the molecule is C[C@@](O)(c1ccc(F)cc1)[C@H](F)CNC(=O)c1c(Cl)ccc(-c2ccn3nc(N)nc3c2)c1F. The summed E-state index contributed by atoms with van der Waals surface area (Å²) in [5, 5.41) is 16.6. The molecule has 4 N–H and O–H groups in total. The number of fused-ring (bicyclic) bond motifs is 1. The number of benzene rings is 2. The summed E-state index contributed by atoms with van der Waals surface area (Å²) >= 11 is 6.08. The first kappa shape index (κ1) is 23.5. The van der Waals surface area contributed by atoms with Crippen LogP contribution in [0.25, 0.3) is 16.8 Å². The van der Waals surface area contributed by atoms with Crippen molar-refractivity contribution in [2.24, 2.45) is 0 Å². The van der Waals surface area contributed by atoms with Crippen molar-refractivity contribution in [3.63, 3.8) is 0 Å². The number of alkyl halides is 1. The number of rotatable bonds is 6. The van der Waals surface area contributed by atoms with E-state index in [1.54, 1.807) is 6.07 Å². The Bertz CT molecular complexity index is 1380. The molecule has 2 atom stereocenters. The number of hydrogen-bond donors (Lipinski definition) is 3. The zero-order valence-electron chi connectivity index (χ0n) is 17.8. The molecule has 34 heavy (non-hydrogen) atoms. The van der Waals surface area contributed by atoms with Gasteiger partial charge in [0.15, 0.2) is 5.65 Å². The lowest BCUT2D eigenvalue weighted by atomic mass is 9.91. The second-order valence-corrected chi connectivity index (χ2v) is 8.21. The molecule has 0 aliphatic rings. The van der Waals surface area contributed by atoms with Crippen LogP contribution in [0, 0.1) is 11.6 Å². The number of nitrogens with two attached hydrogens (primary N) is 1. The summed E-state index contributed by atoms with van der Waals surface area (Å²) in [4.78, 5) is 16.7. The van der Waals surface area contributed by atoms with Gasteiger partial charge in [-0.05, 0) is 54.4 Å². The summed E-state index contributed by atoms with van der Waals surface area (Å²) in [6.07, 6.45) is -0.444. The van der Waals surface area contributed by atoms with E-state index in [1.807, 2.05) is 0 Å². The Morgan fingerprint density at radius 1 is 1.24 bits per heavy atom. The number of hydrogen-bond acceptors (Lipinski definition) is 5. The Hall–Kier alpha value is -3.63. The summed E-state index contributed by atoms with van der Waals surface area (Å²) in [5.74, 6) is -2.37. The smallest absolute Gasteiger partial charge is 0.255 e. The molecule has 11 heteroatoms. The summed E-state index contributed by atoms with van der Waals surface area (Å²) in [5.41, 5.74) is 4.02. The third-order valence-corrected chi connectivity index (χ3v) is 5.78. The number of nitrogens with zero attached hydrogens (tertiary/aromatic N) is 3. The average molecular weight is 490 g/mol. The number of carbonyl (C=O) groups excluding carboxylic acids is 1. The summed E-state index contributed by atoms with van der Waals surface area (Å²) in [7, 11) is 0. The summed E-state index contributed by atoms with van der Waals surface area (Å²) in [6.45, 7) is 0.548. The number of aromatic nitrogens is 3. The van der Waals surface area contributed by atoms with Gasteiger partial charge in [-0.3, -0.25) is 4.79 Å². The van der Waals surface area contributed by atoms with Crippen LogP contribution in [0.1, 0.15) is 22.8 Å². The fraction of sp³-hybridized carbons (Fsp3) is 0.174. The van der Waals surface area contributed by atoms with E-state index >= 15 is 4.39 Å². The lowest BCUT2D eigenvalue weighted by molar-refractivity contribution is -0.0229. The molecule has 0 aliphatic heterocycles. The minimum atomic E-state index is -2.03. The molecule has 0 fully saturated rings. The van der Waals surface area contributed by atoms with Gasteiger partial charge in [-0.15, -0.1) is 5.10 Å². The van der Waals surface area contributed by atoms with E-state index in [4.69, 9.17) is 17.3 Å². The van der Waals surface area contributed by atoms with E-state index in [9.17, 15) is 18.7 Å². The quantitative estimate of drug-likeness (QED) is 0.381. The molecule has 4 rings (SSSR count). The molecule has 0 spiro atoms. The molecule has 7 nitrogen and oxygen atoms in total. The minimum Gasteiger partial charge on any atom is -0.382 e. The van der Waals surface area contributed by atoms with Crippen LogP contribution < -0.4 is 11.1 Å². The molecule has 2 aromatic heterocycles. The maximum absolute atomic E-state index is 15.3. The van der Waals surface area contributed by atoms with Crippen molar-refractivity contribution < 1.29 is 23.1 Å². The lowest BCUT2D eigenvalue weighted by Gasteiger charge is -2.28. The molecule has 4 aromatic rings. The van der Waals surface area contributed by atoms with Gasteiger partial charge >= 0.3 is 0 Å². The van der Waals surface area contributed by atoms with Crippen molar-refractivity contribution in [1.29, 1.82) is 0 Å². The number of amides is 1. The molecule has 0 bridgehead atoms. The predicted molar refractivity (Wildman–Crippen MR) is 121 cm³/mol. The number of halogens is 4. The van der Waals surface area contributed by atoms with E-state index in [2.05, 4.69) is 15.4 Å². The standard InChI is InChI=1S/C23H19ClF3N5O2/c1-23(34,13-2-4-14(25)5-3-13)17(26)11-29-21(33)19-16(24)7-6-15(20(19)27)12-8-9-32-18(10-12)30-22(28)31-32/h2-10,17,34H,11H2,1H3,(H2,28,31)(H,29,33)/t17-,23-/m1/s1. The molecular formula is C23H19ClF3N5O2. The molecule has 1 amide bonds. The van der Waals surface area contributed by atoms with Crippen molar-refractivity contribution in [3.05, 3.63) is 82.5 Å². The van der Waals surface area contributed by atoms with Crippen LogP contribution in [0.4, 0.5) is 19.1 Å². The Labute approximate surface area is 197 Å². The van der Waals surface area contributed by atoms with Gasteiger partial charge in [-0.2, -0.15) is 4.98 Å². The number of nitrogen functional groups attached to an aromatic ring is 1. The fourth-order valence-electron chi connectivity index (χ4n) is 3.49. The van der Waals surface area contributed by atoms with E-state index in [1.165, 1.54) is 48.0 Å². The van der Waals surface area contributed by atoms with E-state index in [0.717, 1.165) is 12.1 Å². The number of anilines is 1. The summed E-state index contributed by atoms with van der Waals surface area (Å²) in [6, 6.07) is 10.5. The van der Waals surface area contributed by atoms with E-state index < -0.39 is 41.4 Å². The van der Waals surface area contributed by atoms with Crippen LogP contribution in [0.15, 0.2) is 54.7 Å². The molecule has 2 heterocycles. The Balaban J connectivity index is 1.56. The van der Waals surface area contributed by atoms with Crippen LogP contribution >= 0.6 is 11.6 Å². The first-order valence-corrected chi connectivity index (χ1v) is 10.5. The zero-order chi connectivity index (χ0) is 24.6. The molecule has 2 aromatic carbocycles. The monoisotopic (exact) mass is 489 g/mol. The highest BCUT2D eigenvalue weighted by Crippen LogP contribution is 2.31. The van der Waals surface area contributed by atoms with Gasteiger partial charge in [0.05, 0.1) is 17.1 Å². The lowest BCUT2D eigenvalue weighted by Crippen LogP contribution is -2.42. The Morgan fingerprint density at radius 3 is 2.65 bits per heavy atom. The highest BCUT2D eigenvalue weighted by molar-refractivity contribution is 6.34. The molecule has 0 unspecified atom stereocenters. The maximum atomic E-state index is 15.3. The van der Waals surface area contributed by atoms with Crippen LogP contribution in [0.3, 0.4) is 0 Å². The number of nitrogens with one attached hydrogen (secondary N) is 1. The van der Waals surface area contributed by atoms with Crippen LogP contribution in [-0.2, 0) is 5.60 Å². The van der Waals surface area contributed by atoms with Crippen molar-refractivity contribution in [1.82, 2.24) is 19.9 Å². The third-order valence-electron chi connectivity index (χ3n) is 5.46. The van der Waals surface area contributed by atoms with Gasteiger partial charge < -0.3 is 16.2 Å². The largest absolute Gasteiger partial charge is 0.382 e. The van der Waals surface area contributed by atoms with Gasteiger partial charge in [0.2, 0.25) is 5.95 Å². The Morgan fingerprint density at radius 2 is 1.94 bits per heavy atom. The topological polar surface area (TPSA) is 106 Å². The first-order chi connectivity index (χ1) is 16.1. The van der Waals surface area contributed by atoms with Crippen LogP contribution in [0.2, 0.25) is 5.02 Å². The van der Waals surface area contributed by atoms with Crippen molar-refractivity contribution in [2.75, 3.05) is 12.3 Å².